The summed E-state index contributed by atoms with van der Waals surface area (Å²) in [5, 5.41) is 0. The zero-order chi connectivity index (χ0) is 22.4. The van der Waals surface area contributed by atoms with E-state index < -0.39 is 11.9 Å². The van der Waals surface area contributed by atoms with Gasteiger partial charge in [0.25, 0.3) is 0 Å². The second kappa shape index (κ2) is 6.09. The summed E-state index contributed by atoms with van der Waals surface area (Å²) in [6.07, 6.45) is 5.59. The Morgan fingerprint density at radius 1 is 0.812 bits per heavy atom. The smallest absolute Gasteiger partial charge is 0.338 e. The van der Waals surface area contributed by atoms with Crippen LogP contribution >= 0.6 is 0 Å². The fourth-order valence-corrected chi connectivity index (χ4v) is 7.17. The van der Waals surface area contributed by atoms with Crippen molar-refractivity contribution in [2.24, 2.45) is 17.3 Å². The zero-order valence-electron chi connectivity index (χ0n) is 18.1. The van der Waals surface area contributed by atoms with Crippen LogP contribution in [0.2, 0.25) is 0 Å². The molecule has 0 aromatic carbocycles. The third-order valence-electron chi connectivity index (χ3n) is 8.21. The van der Waals surface area contributed by atoms with Crippen molar-refractivity contribution < 1.29 is 28.6 Å². The number of methoxy groups -OCH3 is 3. The van der Waals surface area contributed by atoms with Gasteiger partial charge >= 0.3 is 17.9 Å². The highest BCUT2D eigenvalue weighted by Crippen LogP contribution is 2.84. The van der Waals surface area contributed by atoms with E-state index in [1.54, 1.807) is 0 Å². The number of fused-ring (bicyclic) bond motifs is 3. The first kappa shape index (κ1) is 19.3. The fraction of sp³-hybridized carbons (Fsp3) is 0.346. The number of esters is 3. The predicted octanol–water partition coefficient (Wildman–Crippen LogP) is 3.22. The largest absolute Gasteiger partial charge is 0.466 e. The maximum Gasteiger partial charge on any atom is 0.338 e. The number of rotatable bonds is 3. The molecule has 0 amide bonds. The van der Waals surface area contributed by atoms with Gasteiger partial charge in [0.1, 0.15) is 0 Å². The topological polar surface area (TPSA) is 78.9 Å². The summed E-state index contributed by atoms with van der Waals surface area (Å²) in [4.78, 5) is 38.6. The van der Waals surface area contributed by atoms with Crippen LogP contribution < -0.4 is 0 Å². The molecule has 0 aromatic heterocycles. The summed E-state index contributed by atoms with van der Waals surface area (Å²) in [5.41, 5.74) is 4.78. The molecule has 6 heteroatoms. The minimum absolute atomic E-state index is 0.247. The molecule has 1 saturated carbocycles. The Hall–Kier alpha value is -3.41. The second-order valence-electron chi connectivity index (χ2n) is 9.09. The van der Waals surface area contributed by atoms with Crippen molar-refractivity contribution in [2.45, 2.75) is 18.3 Å². The normalized spacial score (nSPS) is 30.5. The highest BCUT2D eigenvalue weighted by Gasteiger charge is 2.82. The monoisotopic (exact) mass is 430 g/mol. The Labute approximate surface area is 185 Å². The van der Waals surface area contributed by atoms with Crippen LogP contribution in [0.15, 0.2) is 53.6 Å². The lowest BCUT2D eigenvalue weighted by molar-refractivity contribution is -0.141. The molecule has 7 rings (SSSR count). The quantitative estimate of drug-likeness (QED) is 0.423. The van der Waals surface area contributed by atoms with Crippen LogP contribution in [0.1, 0.15) is 27.9 Å². The molecule has 0 radical (unpaired) electrons. The summed E-state index contributed by atoms with van der Waals surface area (Å²) in [7, 11) is 4.06. The summed E-state index contributed by atoms with van der Waals surface area (Å²) >= 11 is 0. The first-order valence-electron chi connectivity index (χ1n) is 10.7. The minimum atomic E-state index is -0.498. The number of allylic oxidation sites excluding steroid dienone is 2. The third kappa shape index (κ3) is 1.91. The van der Waals surface area contributed by atoms with Crippen LogP contribution in [-0.2, 0) is 35.6 Å². The fourth-order valence-electron chi connectivity index (χ4n) is 7.17. The average molecular weight is 430 g/mol. The molecule has 0 heterocycles. The van der Waals surface area contributed by atoms with Crippen LogP contribution in [0.5, 0.6) is 0 Å². The lowest BCUT2D eigenvalue weighted by Gasteiger charge is -2.43. The van der Waals surface area contributed by atoms with Gasteiger partial charge in [0.05, 0.1) is 38.0 Å². The van der Waals surface area contributed by atoms with E-state index in [1.807, 2.05) is 42.5 Å². The molecule has 32 heavy (non-hydrogen) atoms. The Balaban J connectivity index is 1.65. The van der Waals surface area contributed by atoms with Gasteiger partial charge in [0.2, 0.25) is 0 Å². The Kier molecular flexibility index (Phi) is 3.67. The maximum atomic E-state index is 12.9. The molecule has 7 aliphatic rings. The SMILES string of the molecule is COC(=O)C1=C(C(=O)OC)[C@@H]2C=C[C@H]1[C@]13Cc4c(C(=O)OC)c5cccccc-5c4[C@]21C3. The Morgan fingerprint density at radius 2 is 1.41 bits per heavy atom. The van der Waals surface area contributed by atoms with Crippen molar-refractivity contribution in [2.75, 3.05) is 21.3 Å². The van der Waals surface area contributed by atoms with E-state index in [-0.39, 0.29) is 28.6 Å². The average Bonchev–Trinajstić information content (AvgIpc) is 3.40. The molecule has 0 aliphatic heterocycles. The molecule has 7 aliphatic carbocycles. The van der Waals surface area contributed by atoms with Crippen LogP contribution in [0.3, 0.4) is 0 Å². The Bertz CT molecular complexity index is 1270. The molecule has 2 bridgehead atoms. The number of carbonyl (C=O) groups is 3. The van der Waals surface area contributed by atoms with Gasteiger partial charge in [0.15, 0.2) is 0 Å². The molecule has 0 N–H and O–H groups in total. The van der Waals surface area contributed by atoms with E-state index in [0.29, 0.717) is 23.1 Å². The van der Waals surface area contributed by atoms with Crippen molar-refractivity contribution in [3.63, 3.8) is 0 Å². The van der Waals surface area contributed by atoms with Crippen molar-refractivity contribution in [1.82, 2.24) is 0 Å². The van der Waals surface area contributed by atoms with Crippen LogP contribution in [0, 0.1) is 17.3 Å². The van der Waals surface area contributed by atoms with Crippen molar-refractivity contribution in [1.29, 1.82) is 0 Å². The van der Waals surface area contributed by atoms with Gasteiger partial charge in [0, 0.05) is 17.3 Å². The minimum Gasteiger partial charge on any atom is -0.466 e. The van der Waals surface area contributed by atoms with Crippen molar-refractivity contribution in [3.8, 4) is 11.1 Å². The van der Waals surface area contributed by atoms with E-state index >= 15 is 0 Å². The number of ether oxygens (including phenoxy) is 3. The van der Waals surface area contributed by atoms with E-state index in [0.717, 1.165) is 28.7 Å². The predicted molar refractivity (Wildman–Crippen MR) is 114 cm³/mol. The second-order valence-corrected chi connectivity index (χ2v) is 9.09. The molecular formula is C26H22O6. The maximum absolute atomic E-state index is 12.9. The lowest BCUT2D eigenvalue weighted by Crippen LogP contribution is -2.43. The van der Waals surface area contributed by atoms with Crippen molar-refractivity contribution >= 4 is 17.9 Å². The molecule has 6 nitrogen and oxygen atoms in total. The van der Waals surface area contributed by atoms with Gasteiger partial charge in [-0.25, -0.2) is 14.4 Å². The Morgan fingerprint density at radius 3 is 2.06 bits per heavy atom. The summed E-state index contributed by atoms with van der Waals surface area (Å²) < 4.78 is 15.4. The summed E-state index contributed by atoms with van der Waals surface area (Å²) in [6.45, 7) is 0. The highest BCUT2D eigenvalue weighted by molar-refractivity contribution is 6.07. The zero-order valence-corrected chi connectivity index (χ0v) is 18.1. The summed E-state index contributed by atoms with van der Waals surface area (Å²) in [5.74, 6) is -1.92. The molecule has 1 fully saturated rings. The standard InChI is InChI=1S/C26H22O6/c1-30-22(27)18-13-7-5-4-6-8-14(13)21-15(18)11-25-12-26(21,25)17-10-9-16(25)19(23(28)31-2)20(17)24(29)32-3/h4-10,16-17H,11-12H2,1-3H3/t16-,17+,25-,26+/m1/s1. The van der Waals surface area contributed by atoms with E-state index in [4.69, 9.17) is 14.2 Å². The molecule has 0 aromatic rings. The molecule has 4 atom stereocenters. The van der Waals surface area contributed by atoms with E-state index in [2.05, 4.69) is 0 Å². The molecule has 162 valence electrons. The lowest BCUT2D eigenvalue weighted by atomic mass is 9.59. The first-order valence-corrected chi connectivity index (χ1v) is 10.7. The van der Waals surface area contributed by atoms with Crippen molar-refractivity contribution in [3.05, 3.63) is 70.3 Å². The van der Waals surface area contributed by atoms with Gasteiger partial charge in [-0.3, -0.25) is 0 Å². The number of hydrogen-bond donors (Lipinski definition) is 0. The van der Waals surface area contributed by atoms with Crippen LogP contribution in [0.25, 0.3) is 11.1 Å². The van der Waals surface area contributed by atoms with Gasteiger partial charge in [-0.05, 0) is 40.5 Å². The van der Waals surface area contributed by atoms with E-state index in [9.17, 15) is 14.4 Å². The molecule has 0 saturated heterocycles. The van der Waals surface area contributed by atoms with Crippen LogP contribution in [0.4, 0.5) is 0 Å². The van der Waals surface area contributed by atoms with Gasteiger partial charge in [-0.2, -0.15) is 0 Å². The third-order valence-corrected chi connectivity index (χ3v) is 8.21. The molecule has 0 spiro atoms. The first-order chi connectivity index (χ1) is 15.5. The van der Waals surface area contributed by atoms with Crippen LogP contribution in [-0.4, -0.2) is 39.2 Å². The van der Waals surface area contributed by atoms with Gasteiger partial charge in [-0.1, -0.05) is 42.5 Å². The molecule has 0 unspecified atom stereocenters. The molecular weight excluding hydrogens is 408 g/mol. The highest BCUT2D eigenvalue weighted by atomic mass is 16.5. The van der Waals surface area contributed by atoms with E-state index in [1.165, 1.54) is 21.3 Å². The van der Waals surface area contributed by atoms with Gasteiger partial charge in [-0.15, -0.1) is 0 Å². The number of hydrogen-bond acceptors (Lipinski definition) is 6. The number of carbonyl (C=O) groups excluding carboxylic acids is 3. The van der Waals surface area contributed by atoms with Gasteiger partial charge < -0.3 is 14.2 Å². The summed E-state index contributed by atoms with van der Waals surface area (Å²) in [6, 6.07) is 9.82.